The van der Waals surface area contributed by atoms with Crippen LogP contribution < -0.4 is 21.5 Å². The number of nitro benzene ring substituents is 1. The highest BCUT2D eigenvalue weighted by atomic mass is 79.9. The first-order valence-electron chi connectivity index (χ1n) is 8.22. The zero-order valence-corrected chi connectivity index (χ0v) is 15.8. The van der Waals surface area contributed by atoms with Crippen LogP contribution in [0.5, 0.6) is 0 Å². The molecule has 0 bridgehead atoms. The molecule has 2 heterocycles. The summed E-state index contributed by atoms with van der Waals surface area (Å²) in [6.45, 7) is 0. The maximum atomic E-state index is 10.9. The number of nitrogens with one attached hydrogen (secondary N) is 1. The van der Waals surface area contributed by atoms with Crippen molar-refractivity contribution in [1.82, 2.24) is 4.98 Å². The molecule has 4 rings (SSSR count). The van der Waals surface area contributed by atoms with Crippen molar-refractivity contribution in [1.29, 1.82) is 0 Å². The second kappa shape index (κ2) is 7.97. The Balaban J connectivity index is 0.00000210. The summed E-state index contributed by atoms with van der Waals surface area (Å²) in [5.41, 5.74) is 5.06. The predicted octanol–water partition coefficient (Wildman–Crippen LogP) is 1.54. The lowest BCUT2D eigenvalue weighted by molar-refractivity contribution is -0.594. The Kier molecular flexibility index (Phi) is 5.47. The number of aromatic amines is 1. The molecule has 0 fully saturated rings. The Bertz CT molecular complexity index is 1050. The largest absolute Gasteiger partial charge is 1.00 e. The molecule has 0 spiro atoms. The van der Waals surface area contributed by atoms with Gasteiger partial charge in [-0.3, -0.25) is 10.1 Å². The van der Waals surface area contributed by atoms with Gasteiger partial charge in [-0.15, -0.1) is 0 Å². The first-order chi connectivity index (χ1) is 12.7. The molecule has 0 unspecified atom stereocenters. The summed E-state index contributed by atoms with van der Waals surface area (Å²) < 4.78 is 2.05. The summed E-state index contributed by atoms with van der Waals surface area (Å²) in [5.74, 6) is 0. The molecule has 4 aromatic rings. The number of nitrogens with zero attached hydrogens (tertiary/aromatic N) is 2. The molecule has 0 saturated carbocycles. The number of halogens is 1. The zero-order valence-electron chi connectivity index (χ0n) is 14.2. The molecule has 5 nitrogen and oxygen atoms in total. The second-order valence-electron chi connectivity index (χ2n) is 5.88. The van der Waals surface area contributed by atoms with Gasteiger partial charge in [0, 0.05) is 36.0 Å². The van der Waals surface area contributed by atoms with Gasteiger partial charge in [0.15, 0.2) is 12.4 Å². The number of benzene rings is 2. The number of aromatic nitrogens is 2. The average Bonchev–Trinajstić information content (AvgIpc) is 3.14. The van der Waals surface area contributed by atoms with Crippen LogP contribution in [0, 0.1) is 10.1 Å². The van der Waals surface area contributed by atoms with E-state index in [2.05, 4.69) is 21.7 Å². The molecule has 134 valence electrons. The number of pyridine rings is 1. The van der Waals surface area contributed by atoms with Crippen molar-refractivity contribution in [2.45, 2.75) is 0 Å². The molecule has 2 aromatic heterocycles. The molecular formula is C21H16BrN3O2. The number of rotatable bonds is 4. The van der Waals surface area contributed by atoms with Gasteiger partial charge in [-0.1, -0.05) is 36.4 Å². The van der Waals surface area contributed by atoms with Crippen LogP contribution in [0.15, 0.2) is 91.4 Å². The van der Waals surface area contributed by atoms with E-state index in [0.717, 1.165) is 28.1 Å². The summed E-state index contributed by atoms with van der Waals surface area (Å²) >= 11 is 0. The summed E-state index contributed by atoms with van der Waals surface area (Å²) in [6, 6.07) is 22.6. The number of H-pyrrole nitrogens is 1. The maximum Gasteiger partial charge on any atom is 0.269 e. The van der Waals surface area contributed by atoms with E-state index < -0.39 is 0 Å². The van der Waals surface area contributed by atoms with Crippen molar-refractivity contribution in [3.05, 3.63) is 102 Å². The third-order valence-electron chi connectivity index (χ3n) is 4.28. The first kappa shape index (κ1) is 18.5. The Hall–Kier alpha value is -3.25. The summed E-state index contributed by atoms with van der Waals surface area (Å²) in [4.78, 5) is 13.9. The van der Waals surface area contributed by atoms with E-state index in [4.69, 9.17) is 0 Å². The minimum absolute atomic E-state index is 0. The van der Waals surface area contributed by atoms with Gasteiger partial charge >= 0.3 is 0 Å². The van der Waals surface area contributed by atoms with Gasteiger partial charge in [0.05, 0.1) is 10.5 Å². The fourth-order valence-corrected chi connectivity index (χ4v) is 3.04. The SMILES string of the molecule is O=[N+]([O-])c1ccc(-c2[nH]cc(-c3ccccc3)c2-[n+]2ccccc2)cc1.[Br-]. The molecule has 0 amide bonds. The summed E-state index contributed by atoms with van der Waals surface area (Å²) in [7, 11) is 0. The molecule has 0 radical (unpaired) electrons. The Morgan fingerprint density at radius 1 is 0.815 bits per heavy atom. The van der Waals surface area contributed by atoms with E-state index in [1.165, 1.54) is 12.1 Å². The van der Waals surface area contributed by atoms with Gasteiger partial charge < -0.3 is 22.0 Å². The van der Waals surface area contributed by atoms with Crippen LogP contribution in [-0.4, -0.2) is 9.91 Å². The second-order valence-corrected chi connectivity index (χ2v) is 5.88. The topological polar surface area (TPSA) is 62.8 Å². The van der Waals surface area contributed by atoms with E-state index in [1.54, 1.807) is 12.1 Å². The van der Waals surface area contributed by atoms with E-state index in [0.29, 0.717) is 0 Å². The van der Waals surface area contributed by atoms with E-state index in [9.17, 15) is 10.1 Å². The highest BCUT2D eigenvalue weighted by molar-refractivity contribution is 5.81. The maximum absolute atomic E-state index is 10.9. The van der Waals surface area contributed by atoms with Crippen LogP contribution >= 0.6 is 0 Å². The Morgan fingerprint density at radius 2 is 1.44 bits per heavy atom. The van der Waals surface area contributed by atoms with Gasteiger partial charge in [0.2, 0.25) is 5.69 Å². The van der Waals surface area contributed by atoms with Crippen molar-refractivity contribution in [3.8, 4) is 28.1 Å². The van der Waals surface area contributed by atoms with Crippen molar-refractivity contribution >= 4 is 5.69 Å². The van der Waals surface area contributed by atoms with Crippen molar-refractivity contribution in [2.24, 2.45) is 0 Å². The summed E-state index contributed by atoms with van der Waals surface area (Å²) in [6.07, 6.45) is 5.95. The molecule has 27 heavy (non-hydrogen) atoms. The summed E-state index contributed by atoms with van der Waals surface area (Å²) in [5, 5.41) is 10.9. The lowest BCUT2D eigenvalue weighted by atomic mass is 10.0. The van der Waals surface area contributed by atoms with Gasteiger partial charge in [-0.25, -0.2) is 0 Å². The van der Waals surface area contributed by atoms with Gasteiger partial charge in [0.1, 0.15) is 5.69 Å². The monoisotopic (exact) mass is 421 g/mol. The lowest BCUT2D eigenvalue weighted by Crippen LogP contribution is -3.00. The van der Waals surface area contributed by atoms with Crippen LogP contribution in [0.4, 0.5) is 5.69 Å². The molecule has 2 aromatic carbocycles. The Labute approximate surface area is 166 Å². The number of hydrogen-bond acceptors (Lipinski definition) is 2. The van der Waals surface area contributed by atoms with E-state index in [1.807, 2.05) is 55.0 Å². The van der Waals surface area contributed by atoms with Crippen molar-refractivity contribution < 1.29 is 26.5 Å². The number of non-ortho nitro benzene ring substituents is 1. The van der Waals surface area contributed by atoms with E-state index >= 15 is 0 Å². The molecule has 0 atom stereocenters. The first-order valence-corrected chi connectivity index (χ1v) is 8.22. The highest BCUT2D eigenvalue weighted by Gasteiger charge is 2.23. The van der Waals surface area contributed by atoms with Crippen LogP contribution in [0.25, 0.3) is 28.1 Å². The van der Waals surface area contributed by atoms with Crippen LogP contribution in [0.3, 0.4) is 0 Å². The van der Waals surface area contributed by atoms with Crippen LogP contribution in [0.2, 0.25) is 0 Å². The third-order valence-corrected chi connectivity index (χ3v) is 4.28. The smallest absolute Gasteiger partial charge is 0.269 e. The fourth-order valence-electron chi connectivity index (χ4n) is 3.04. The molecule has 1 N–H and O–H groups in total. The minimum Gasteiger partial charge on any atom is -1.00 e. The standard InChI is InChI=1S/C21H16N3O2.BrH/c25-24(26)18-11-9-17(10-12-18)20-21(23-13-5-2-6-14-23)19(15-22-20)16-7-3-1-4-8-16;/h1-15,22H;1H/q+1;/p-1. The molecule has 0 aliphatic rings. The zero-order chi connectivity index (χ0) is 17.9. The van der Waals surface area contributed by atoms with Gasteiger partial charge in [-0.05, 0) is 17.7 Å². The lowest BCUT2D eigenvalue weighted by Gasteiger charge is -2.03. The Morgan fingerprint density at radius 3 is 2.07 bits per heavy atom. The number of hydrogen-bond donors (Lipinski definition) is 1. The van der Waals surface area contributed by atoms with Crippen LogP contribution in [-0.2, 0) is 0 Å². The molecule has 0 saturated heterocycles. The predicted molar refractivity (Wildman–Crippen MR) is 99.9 cm³/mol. The van der Waals surface area contributed by atoms with Gasteiger partial charge in [-0.2, -0.15) is 4.57 Å². The average molecular weight is 422 g/mol. The molecule has 0 aliphatic carbocycles. The van der Waals surface area contributed by atoms with Crippen molar-refractivity contribution in [2.75, 3.05) is 0 Å². The molecular weight excluding hydrogens is 406 g/mol. The quantitative estimate of drug-likeness (QED) is 0.308. The number of nitro groups is 1. The van der Waals surface area contributed by atoms with Crippen molar-refractivity contribution in [3.63, 3.8) is 0 Å². The normalized spacial score (nSPS) is 10.2. The highest BCUT2D eigenvalue weighted by Crippen LogP contribution is 2.33. The molecule has 6 heteroatoms. The van der Waals surface area contributed by atoms with Gasteiger partial charge in [0.25, 0.3) is 5.69 Å². The third kappa shape index (κ3) is 3.66. The van der Waals surface area contributed by atoms with E-state index in [-0.39, 0.29) is 27.6 Å². The minimum atomic E-state index is -0.388. The fraction of sp³-hybridized carbons (Fsp3) is 0. The van der Waals surface area contributed by atoms with Crippen LogP contribution in [0.1, 0.15) is 0 Å². The molecule has 0 aliphatic heterocycles.